The topological polar surface area (TPSA) is 184 Å². The van der Waals surface area contributed by atoms with Gasteiger partial charge in [-0.25, -0.2) is 13.6 Å². The number of alkyl halides is 2. The summed E-state index contributed by atoms with van der Waals surface area (Å²) in [5.74, 6) is -1.34. The van der Waals surface area contributed by atoms with Crippen molar-refractivity contribution in [2.75, 3.05) is 44.7 Å². The highest BCUT2D eigenvalue weighted by Crippen LogP contribution is 2.44. The number of aromatic nitrogens is 4. The number of hydrogen-bond acceptors (Lipinski definition) is 10. The Morgan fingerprint density at radius 3 is 2.49 bits per heavy atom. The molecule has 1 unspecified atom stereocenters. The molecule has 4 aromatic rings. The molecule has 0 bridgehead atoms. The highest BCUT2D eigenvalue weighted by Gasteiger charge is 2.46. The number of aryl methyl sites for hydroxylation is 2. The van der Waals surface area contributed by atoms with E-state index in [4.69, 9.17) is 9.84 Å². The summed E-state index contributed by atoms with van der Waals surface area (Å²) in [5.41, 5.74) is 4.89. The number of urea groups is 1. The first-order valence-corrected chi connectivity index (χ1v) is 22.4. The zero-order chi connectivity index (χ0) is 45.5. The van der Waals surface area contributed by atoms with Gasteiger partial charge in [0.1, 0.15) is 11.8 Å². The number of fused-ring (bicyclic) bond motifs is 3. The van der Waals surface area contributed by atoms with E-state index in [9.17, 15) is 37.5 Å². The molecule has 5 aliphatic rings. The zero-order valence-corrected chi connectivity index (χ0v) is 36.5. The molecule has 0 aliphatic carbocycles. The maximum Gasteiger partial charge on any atom is 0.317 e. The highest BCUT2D eigenvalue weighted by atomic mass is 19.3. The lowest BCUT2D eigenvalue weighted by molar-refractivity contribution is -0.136. The quantitative estimate of drug-likeness (QED) is 0.142. The van der Waals surface area contributed by atoms with Crippen molar-refractivity contribution in [1.29, 1.82) is 0 Å². The van der Waals surface area contributed by atoms with Gasteiger partial charge in [0.25, 0.3) is 18.2 Å². The number of likely N-dealkylation sites (tertiary alicyclic amines) is 1. The number of rotatable bonds is 12. The maximum absolute atomic E-state index is 14.7. The van der Waals surface area contributed by atoms with Gasteiger partial charge in [0, 0.05) is 93.8 Å². The van der Waals surface area contributed by atoms with Gasteiger partial charge >= 0.3 is 6.03 Å². The monoisotopic (exact) mass is 894 g/mol. The summed E-state index contributed by atoms with van der Waals surface area (Å²) in [6.45, 7) is 2.81. The number of halogens is 2. The molecule has 2 fully saturated rings. The molecule has 7 heterocycles. The third kappa shape index (κ3) is 8.31. The predicted octanol–water partition coefficient (Wildman–Crippen LogP) is 5.21. The molecule has 17 nitrogen and oxygen atoms in total. The Hall–Kier alpha value is -6.66. The number of anilines is 2. The Labute approximate surface area is 374 Å². The third-order valence-electron chi connectivity index (χ3n) is 13.3. The van der Waals surface area contributed by atoms with Gasteiger partial charge in [0.2, 0.25) is 17.7 Å². The van der Waals surface area contributed by atoms with Crippen molar-refractivity contribution >= 4 is 47.1 Å². The Morgan fingerprint density at radius 1 is 0.938 bits per heavy atom. The molecule has 2 N–H and O–H groups in total. The van der Waals surface area contributed by atoms with E-state index in [1.807, 2.05) is 11.0 Å². The lowest BCUT2D eigenvalue weighted by Gasteiger charge is -2.34. The van der Waals surface area contributed by atoms with Crippen LogP contribution in [0.2, 0.25) is 0 Å². The van der Waals surface area contributed by atoms with Gasteiger partial charge < -0.3 is 24.8 Å². The molecular weight excluding hydrogens is 843 g/mol. The molecule has 2 aromatic heterocycles. The second-order valence-electron chi connectivity index (χ2n) is 17.3. The van der Waals surface area contributed by atoms with Gasteiger partial charge in [-0.15, -0.1) is 0 Å². The number of amides is 7. The summed E-state index contributed by atoms with van der Waals surface area (Å²) < 4.78 is 39.1. The zero-order valence-electron chi connectivity index (χ0n) is 36.5. The molecule has 0 spiro atoms. The number of unbranched alkanes of at least 4 members (excludes halogenated alkanes) is 2. The van der Waals surface area contributed by atoms with Crippen LogP contribution in [0.1, 0.15) is 113 Å². The minimum absolute atomic E-state index is 0.0109. The minimum Gasteiger partial charge on any atom is -0.493 e. The van der Waals surface area contributed by atoms with Crippen LogP contribution in [0.3, 0.4) is 0 Å². The van der Waals surface area contributed by atoms with Crippen molar-refractivity contribution in [2.24, 2.45) is 7.05 Å². The average Bonchev–Trinajstić information content (AvgIpc) is 3.99. The second-order valence-corrected chi connectivity index (χ2v) is 17.3. The van der Waals surface area contributed by atoms with Crippen LogP contribution >= 0.6 is 0 Å². The molecule has 1 atom stereocenters. The van der Waals surface area contributed by atoms with Gasteiger partial charge in [-0.05, 0) is 86.8 Å². The Balaban J connectivity index is 0.821. The Bertz CT molecular complexity index is 2570. The lowest BCUT2D eigenvalue weighted by Crippen LogP contribution is -2.54. The summed E-state index contributed by atoms with van der Waals surface area (Å²) in [6, 6.07) is 6.98. The summed E-state index contributed by atoms with van der Waals surface area (Å²) >= 11 is 0. The summed E-state index contributed by atoms with van der Waals surface area (Å²) in [4.78, 5) is 83.6. The summed E-state index contributed by atoms with van der Waals surface area (Å²) in [5, 5.41) is 14.4. The fourth-order valence-corrected chi connectivity index (χ4v) is 10.00. The SMILES string of the molecule is CNC(=O)N1CCc2c(c(N3CCCc4cc(-c5cnn(C)c5)c(C(F)F)cc43)nn2C2CCN(C(=O)CCCCCOc3cccc4c3C(=O)N(C3CCC(=O)NC3=O)C4=O)CC2)C1. The van der Waals surface area contributed by atoms with Crippen LogP contribution in [0, 0.1) is 0 Å². The van der Waals surface area contributed by atoms with Gasteiger partial charge in [-0.1, -0.05) is 6.07 Å². The van der Waals surface area contributed by atoms with Crippen molar-refractivity contribution in [3.8, 4) is 16.9 Å². The van der Waals surface area contributed by atoms with Crippen LogP contribution in [0.15, 0.2) is 42.7 Å². The fourth-order valence-electron chi connectivity index (χ4n) is 10.00. The molecule has 9 rings (SSSR count). The van der Waals surface area contributed by atoms with Crippen LogP contribution in [0.4, 0.5) is 25.1 Å². The third-order valence-corrected chi connectivity index (χ3v) is 13.3. The van der Waals surface area contributed by atoms with Crippen LogP contribution in [-0.4, -0.2) is 116 Å². The molecule has 65 heavy (non-hydrogen) atoms. The van der Waals surface area contributed by atoms with Crippen molar-refractivity contribution in [1.82, 2.24) is 44.9 Å². The van der Waals surface area contributed by atoms with Gasteiger partial charge in [0.15, 0.2) is 5.82 Å². The van der Waals surface area contributed by atoms with E-state index in [0.717, 1.165) is 34.6 Å². The number of carbonyl (C=O) groups excluding carboxylic acids is 6. The Kier molecular flexibility index (Phi) is 12.1. The first kappa shape index (κ1) is 43.6. The molecule has 0 radical (unpaired) electrons. The number of hydrogen-bond donors (Lipinski definition) is 2. The summed E-state index contributed by atoms with van der Waals surface area (Å²) in [7, 11) is 3.36. The van der Waals surface area contributed by atoms with E-state index in [1.54, 1.807) is 54.3 Å². The predicted molar refractivity (Wildman–Crippen MR) is 232 cm³/mol. The van der Waals surface area contributed by atoms with E-state index < -0.39 is 36.1 Å². The first-order valence-electron chi connectivity index (χ1n) is 22.4. The second kappa shape index (κ2) is 18.1. The molecule has 342 valence electrons. The Morgan fingerprint density at radius 2 is 1.75 bits per heavy atom. The van der Waals surface area contributed by atoms with Gasteiger partial charge in [0.05, 0.1) is 36.5 Å². The fraction of sp³-hybridized carbons (Fsp3) is 0.478. The van der Waals surface area contributed by atoms with E-state index in [1.165, 1.54) is 6.07 Å². The highest BCUT2D eigenvalue weighted by molar-refractivity contribution is 6.24. The lowest BCUT2D eigenvalue weighted by atomic mass is 9.92. The van der Waals surface area contributed by atoms with Crippen molar-refractivity contribution < 1.29 is 42.3 Å². The van der Waals surface area contributed by atoms with Crippen LogP contribution < -0.4 is 20.3 Å². The van der Waals surface area contributed by atoms with Gasteiger partial charge in [-0.3, -0.25) is 43.6 Å². The number of imide groups is 2. The van der Waals surface area contributed by atoms with Crippen LogP contribution in [0.25, 0.3) is 11.1 Å². The minimum atomic E-state index is -2.71. The number of nitrogens with zero attached hydrogens (tertiary/aromatic N) is 8. The number of nitrogens with one attached hydrogen (secondary N) is 2. The van der Waals surface area contributed by atoms with E-state index in [0.29, 0.717) is 100 Å². The van der Waals surface area contributed by atoms with Crippen LogP contribution in [0.5, 0.6) is 5.75 Å². The number of piperidine rings is 2. The van der Waals surface area contributed by atoms with E-state index >= 15 is 0 Å². The largest absolute Gasteiger partial charge is 0.493 e. The van der Waals surface area contributed by atoms with Gasteiger partial charge in [-0.2, -0.15) is 10.2 Å². The van der Waals surface area contributed by atoms with Crippen LogP contribution in [-0.2, 0) is 40.8 Å². The van der Waals surface area contributed by atoms with Crippen molar-refractivity contribution in [3.05, 3.63) is 76.2 Å². The molecule has 5 aliphatic heterocycles. The standard InChI is InChI=1S/C46H52F2N10O7/c1-49-46(64)55-20-16-34-33(26-55)42(56-17-7-8-27-22-31(28-24-50-53(2)25-28)32(41(47)48)23-36(27)56)52-58(34)29-14-18-54(19-15-29)39(60)11-4-3-5-21-65-37-10-6-9-30-40(37)45(63)57(44(30)62)35-12-13-38(59)51-43(35)61/h6,9-10,22-25,29,35,41H,3-5,7-8,11-21,26H2,1-2H3,(H,49,64)(H,51,59,61). The first-order chi connectivity index (χ1) is 31.4. The van der Waals surface area contributed by atoms with E-state index in [-0.39, 0.29) is 59.9 Å². The maximum atomic E-state index is 14.7. The summed E-state index contributed by atoms with van der Waals surface area (Å²) in [6.07, 6.45) is 6.55. The molecule has 2 aromatic carbocycles. The smallest absolute Gasteiger partial charge is 0.317 e. The average molecular weight is 895 g/mol. The molecule has 19 heteroatoms. The normalized spacial score (nSPS) is 18.8. The number of ether oxygens (including phenoxy) is 1. The molecule has 7 amide bonds. The molecule has 0 saturated carbocycles. The number of carbonyl (C=O) groups is 6. The van der Waals surface area contributed by atoms with E-state index in [2.05, 4.69) is 25.3 Å². The molecule has 2 saturated heterocycles. The van der Waals surface area contributed by atoms with Crippen molar-refractivity contribution in [3.63, 3.8) is 0 Å². The van der Waals surface area contributed by atoms with Crippen molar-refractivity contribution in [2.45, 2.75) is 95.7 Å². The molecular formula is C46H52F2N10O7. The number of benzene rings is 2.